The van der Waals surface area contributed by atoms with Crippen LogP contribution in [0.15, 0.2) is 0 Å². The van der Waals surface area contributed by atoms with Crippen LogP contribution in [0.25, 0.3) is 0 Å². The van der Waals surface area contributed by atoms with Crippen molar-refractivity contribution in [2.75, 3.05) is 11.9 Å². The summed E-state index contributed by atoms with van der Waals surface area (Å²) >= 11 is 0. The molecule has 0 amide bonds. The number of nitrogens with one attached hydrogen (secondary N) is 1. The minimum Gasteiger partial charge on any atom is -0.396 e. The van der Waals surface area contributed by atoms with E-state index in [9.17, 15) is 0 Å². The van der Waals surface area contributed by atoms with Gasteiger partial charge in [-0.2, -0.15) is 5.10 Å². The smallest absolute Gasteiger partial charge is 0.243 e. The largest absolute Gasteiger partial charge is 0.396 e. The van der Waals surface area contributed by atoms with Gasteiger partial charge in [0.05, 0.1) is 11.4 Å². The molecule has 5 heteroatoms. The normalized spacial score (nSPS) is 12.5. The summed E-state index contributed by atoms with van der Waals surface area (Å²) in [6.07, 6.45) is 3.36. The molecule has 96 valence electrons. The number of anilines is 1. The number of hydrogen-bond donors (Lipinski definition) is 2. The number of hydrogen-bond acceptors (Lipinski definition) is 5. The summed E-state index contributed by atoms with van der Waals surface area (Å²) in [5.41, 5.74) is 1.97. The van der Waals surface area contributed by atoms with Crippen molar-refractivity contribution in [3.05, 3.63) is 11.4 Å². The van der Waals surface area contributed by atoms with Crippen LogP contribution in [-0.2, 0) is 12.8 Å². The molecule has 0 bridgehead atoms. The molecule has 0 fully saturated rings. The molecule has 1 aromatic rings. The standard InChI is InChI=1S/C12H22N4O/c1-4-9(7-8-17)13-12-14-10(5-2)11(6-3)15-16-12/h9,17H,4-8H2,1-3H3,(H,13,14,16). The molecule has 1 unspecified atom stereocenters. The third-order valence-corrected chi connectivity index (χ3v) is 2.81. The van der Waals surface area contributed by atoms with Crippen LogP contribution in [0.5, 0.6) is 0 Å². The molecule has 0 aromatic carbocycles. The van der Waals surface area contributed by atoms with Gasteiger partial charge in [0.25, 0.3) is 0 Å². The van der Waals surface area contributed by atoms with E-state index in [1.165, 1.54) is 0 Å². The fourth-order valence-electron chi connectivity index (χ4n) is 1.72. The average molecular weight is 238 g/mol. The van der Waals surface area contributed by atoms with Crippen LogP contribution in [0.4, 0.5) is 5.95 Å². The maximum absolute atomic E-state index is 8.93. The highest BCUT2D eigenvalue weighted by Gasteiger charge is 2.10. The summed E-state index contributed by atoms with van der Waals surface area (Å²) in [5, 5.41) is 20.4. The van der Waals surface area contributed by atoms with Gasteiger partial charge in [-0.3, -0.25) is 0 Å². The van der Waals surface area contributed by atoms with Gasteiger partial charge in [-0.25, -0.2) is 4.98 Å². The first-order valence-corrected chi connectivity index (χ1v) is 6.34. The van der Waals surface area contributed by atoms with Crippen LogP contribution in [0.2, 0.25) is 0 Å². The first-order chi connectivity index (χ1) is 8.24. The lowest BCUT2D eigenvalue weighted by molar-refractivity contribution is 0.278. The predicted molar refractivity (Wildman–Crippen MR) is 68.0 cm³/mol. The van der Waals surface area contributed by atoms with Gasteiger partial charge in [-0.1, -0.05) is 20.8 Å². The van der Waals surface area contributed by atoms with Crippen LogP contribution < -0.4 is 5.32 Å². The van der Waals surface area contributed by atoms with Gasteiger partial charge in [-0.15, -0.1) is 5.10 Å². The predicted octanol–water partition coefficient (Wildman–Crippen LogP) is 1.57. The molecule has 0 radical (unpaired) electrons. The minimum absolute atomic E-state index is 0.173. The molecule has 1 atom stereocenters. The Kier molecular flexibility index (Phi) is 5.83. The summed E-state index contributed by atoms with van der Waals surface area (Å²) < 4.78 is 0. The van der Waals surface area contributed by atoms with E-state index in [2.05, 4.69) is 41.3 Å². The molecule has 0 aliphatic heterocycles. The van der Waals surface area contributed by atoms with Crippen molar-refractivity contribution < 1.29 is 5.11 Å². The van der Waals surface area contributed by atoms with Crippen LogP contribution >= 0.6 is 0 Å². The van der Waals surface area contributed by atoms with E-state index < -0.39 is 0 Å². The lowest BCUT2D eigenvalue weighted by atomic mass is 10.1. The number of aryl methyl sites for hydroxylation is 2. The van der Waals surface area contributed by atoms with Gasteiger partial charge in [0.1, 0.15) is 0 Å². The van der Waals surface area contributed by atoms with Crippen LogP contribution in [-0.4, -0.2) is 32.9 Å². The summed E-state index contributed by atoms with van der Waals surface area (Å²) in [4.78, 5) is 4.47. The van der Waals surface area contributed by atoms with Gasteiger partial charge < -0.3 is 10.4 Å². The van der Waals surface area contributed by atoms with E-state index in [-0.39, 0.29) is 12.6 Å². The number of rotatable bonds is 7. The molecule has 1 aromatic heterocycles. The van der Waals surface area contributed by atoms with Crippen LogP contribution in [0, 0.1) is 0 Å². The molecule has 17 heavy (non-hydrogen) atoms. The second-order valence-corrected chi connectivity index (χ2v) is 4.00. The molecule has 0 spiro atoms. The van der Waals surface area contributed by atoms with E-state index in [1.807, 2.05) is 0 Å². The topological polar surface area (TPSA) is 70.9 Å². The van der Waals surface area contributed by atoms with E-state index in [0.717, 1.165) is 30.7 Å². The Bertz CT molecular complexity index is 343. The third kappa shape index (κ3) is 3.93. The van der Waals surface area contributed by atoms with Crippen molar-refractivity contribution >= 4 is 5.95 Å². The summed E-state index contributed by atoms with van der Waals surface area (Å²) in [6, 6.07) is 0.207. The molecule has 1 heterocycles. The Morgan fingerprint density at radius 3 is 2.35 bits per heavy atom. The Labute approximate surface area is 103 Å². The van der Waals surface area contributed by atoms with Crippen molar-refractivity contribution in [3.8, 4) is 0 Å². The van der Waals surface area contributed by atoms with Gasteiger partial charge in [0.15, 0.2) is 0 Å². The second kappa shape index (κ2) is 7.17. The quantitative estimate of drug-likeness (QED) is 0.754. The Balaban J connectivity index is 2.77. The molecular formula is C12H22N4O. The number of nitrogens with zero attached hydrogens (tertiary/aromatic N) is 3. The fourth-order valence-corrected chi connectivity index (χ4v) is 1.72. The number of aromatic nitrogens is 3. The molecule has 0 aliphatic carbocycles. The molecule has 2 N–H and O–H groups in total. The molecule has 1 rings (SSSR count). The zero-order valence-corrected chi connectivity index (χ0v) is 10.9. The van der Waals surface area contributed by atoms with Crippen LogP contribution in [0.3, 0.4) is 0 Å². The van der Waals surface area contributed by atoms with Crippen molar-refractivity contribution in [3.63, 3.8) is 0 Å². The minimum atomic E-state index is 0.173. The maximum Gasteiger partial charge on any atom is 0.243 e. The zero-order chi connectivity index (χ0) is 12.7. The monoisotopic (exact) mass is 238 g/mol. The lowest BCUT2D eigenvalue weighted by Gasteiger charge is -2.15. The van der Waals surface area contributed by atoms with Crippen molar-refractivity contribution in [1.82, 2.24) is 15.2 Å². The van der Waals surface area contributed by atoms with Gasteiger partial charge in [0, 0.05) is 12.6 Å². The molecule has 0 saturated heterocycles. The molecule has 0 aliphatic rings. The first kappa shape index (κ1) is 13.8. The SMILES string of the molecule is CCc1nnc(NC(CC)CCO)nc1CC. The van der Waals surface area contributed by atoms with Crippen molar-refractivity contribution in [2.45, 2.75) is 52.5 Å². The second-order valence-electron chi connectivity index (χ2n) is 4.00. The van der Waals surface area contributed by atoms with E-state index >= 15 is 0 Å². The van der Waals surface area contributed by atoms with Crippen molar-refractivity contribution in [1.29, 1.82) is 0 Å². The number of aliphatic hydroxyl groups excluding tert-OH is 1. The average Bonchev–Trinajstić information content (AvgIpc) is 2.38. The summed E-state index contributed by atoms with van der Waals surface area (Å²) in [5.74, 6) is 0.569. The highest BCUT2D eigenvalue weighted by atomic mass is 16.3. The van der Waals surface area contributed by atoms with Gasteiger partial charge in [0.2, 0.25) is 5.95 Å². The third-order valence-electron chi connectivity index (χ3n) is 2.81. The molecular weight excluding hydrogens is 216 g/mol. The van der Waals surface area contributed by atoms with Gasteiger partial charge in [-0.05, 0) is 25.7 Å². The highest BCUT2D eigenvalue weighted by molar-refractivity contribution is 5.27. The Morgan fingerprint density at radius 1 is 1.12 bits per heavy atom. The van der Waals surface area contributed by atoms with E-state index in [4.69, 9.17) is 5.11 Å². The van der Waals surface area contributed by atoms with Gasteiger partial charge >= 0.3 is 0 Å². The molecule has 0 saturated carbocycles. The van der Waals surface area contributed by atoms with Crippen LogP contribution in [0.1, 0.15) is 45.0 Å². The van der Waals surface area contributed by atoms with E-state index in [0.29, 0.717) is 12.4 Å². The zero-order valence-electron chi connectivity index (χ0n) is 10.9. The Hall–Kier alpha value is -1.23. The maximum atomic E-state index is 8.93. The Morgan fingerprint density at radius 2 is 1.82 bits per heavy atom. The summed E-state index contributed by atoms with van der Waals surface area (Å²) in [7, 11) is 0. The highest BCUT2D eigenvalue weighted by Crippen LogP contribution is 2.09. The molecule has 5 nitrogen and oxygen atoms in total. The van der Waals surface area contributed by atoms with Crippen molar-refractivity contribution in [2.24, 2.45) is 0 Å². The fraction of sp³-hybridized carbons (Fsp3) is 0.750. The first-order valence-electron chi connectivity index (χ1n) is 6.34. The summed E-state index contributed by atoms with van der Waals surface area (Å²) in [6.45, 7) is 6.37. The van der Waals surface area contributed by atoms with E-state index in [1.54, 1.807) is 0 Å². The number of aliphatic hydroxyl groups is 1. The lowest BCUT2D eigenvalue weighted by Crippen LogP contribution is -2.22.